The van der Waals surface area contributed by atoms with E-state index in [9.17, 15) is 4.39 Å². The Morgan fingerprint density at radius 1 is 1.30 bits per heavy atom. The molecule has 0 fully saturated rings. The monoisotopic (exact) mass is 281 g/mol. The Labute approximate surface area is 122 Å². The van der Waals surface area contributed by atoms with Crippen molar-refractivity contribution in [3.8, 4) is 5.75 Å². The van der Waals surface area contributed by atoms with E-state index in [0.29, 0.717) is 22.6 Å². The molecule has 0 radical (unpaired) electrons. The van der Waals surface area contributed by atoms with Gasteiger partial charge in [0.05, 0.1) is 7.11 Å². The van der Waals surface area contributed by atoms with Crippen molar-refractivity contribution in [1.29, 1.82) is 0 Å². The van der Waals surface area contributed by atoms with Gasteiger partial charge in [-0.05, 0) is 37.3 Å². The van der Waals surface area contributed by atoms with E-state index in [0.717, 1.165) is 12.8 Å². The molecule has 1 rings (SSSR count). The van der Waals surface area contributed by atoms with E-state index >= 15 is 0 Å². The highest BCUT2D eigenvalue weighted by atomic mass is 19.1. The van der Waals surface area contributed by atoms with Crippen molar-refractivity contribution in [3.05, 3.63) is 29.6 Å². The Morgan fingerprint density at radius 2 is 1.95 bits per heavy atom. The Morgan fingerprint density at radius 3 is 2.40 bits per heavy atom. The average molecular weight is 281 g/mol. The summed E-state index contributed by atoms with van der Waals surface area (Å²) in [5, 5.41) is 3.23. The van der Waals surface area contributed by atoms with Crippen molar-refractivity contribution in [2.24, 2.45) is 11.3 Å². The second kappa shape index (κ2) is 7.07. The van der Waals surface area contributed by atoms with Gasteiger partial charge in [0.2, 0.25) is 0 Å². The minimum atomic E-state index is -0.202. The summed E-state index contributed by atoms with van der Waals surface area (Å²) in [5.41, 5.74) is 1.02. The number of hydrogen-bond donors (Lipinski definition) is 1. The minimum absolute atomic E-state index is 0.0401. The van der Waals surface area contributed by atoms with Gasteiger partial charge in [0, 0.05) is 17.7 Å². The Balaban J connectivity index is 2.80. The summed E-state index contributed by atoms with van der Waals surface area (Å²) in [5.74, 6) is 0.893. The molecular weight excluding hydrogens is 253 g/mol. The first kappa shape index (κ1) is 17.0. The molecule has 0 saturated heterocycles. The maximum absolute atomic E-state index is 14.1. The second-order valence-corrected chi connectivity index (χ2v) is 6.83. The van der Waals surface area contributed by atoms with Crippen LogP contribution in [0.25, 0.3) is 0 Å². The maximum atomic E-state index is 14.1. The van der Waals surface area contributed by atoms with Crippen LogP contribution < -0.4 is 10.1 Å². The van der Waals surface area contributed by atoms with Gasteiger partial charge < -0.3 is 10.1 Å². The van der Waals surface area contributed by atoms with E-state index in [2.05, 4.69) is 33.0 Å². The molecule has 0 saturated carbocycles. The van der Waals surface area contributed by atoms with E-state index < -0.39 is 0 Å². The summed E-state index contributed by atoms with van der Waals surface area (Å²) in [6.07, 6.45) is 2.06. The first-order chi connectivity index (χ1) is 9.26. The maximum Gasteiger partial charge on any atom is 0.131 e. The van der Waals surface area contributed by atoms with Gasteiger partial charge in [-0.3, -0.25) is 0 Å². The lowest BCUT2D eigenvalue weighted by molar-refractivity contribution is 0.277. The first-order valence-corrected chi connectivity index (χ1v) is 7.27. The Kier molecular flexibility index (Phi) is 6.00. The average Bonchev–Trinajstić information content (AvgIpc) is 2.34. The van der Waals surface area contributed by atoms with Crippen LogP contribution in [0.3, 0.4) is 0 Å². The van der Waals surface area contributed by atoms with Gasteiger partial charge >= 0.3 is 0 Å². The molecule has 0 aliphatic carbocycles. The summed E-state index contributed by atoms with van der Waals surface area (Å²) in [6, 6.07) is 5.13. The second-order valence-electron chi connectivity index (χ2n) is 6.83. The Hall–Kier alpha value is -1.09. The molecule has 1 aromatic rings. The summed E-state index contributed by atoms with van der Waals surface area (Å²) in [7, 11) is 3.44. The van der Waals surface area contributed by atoms with E-state index in [-0.39, 0.29) is 11.9 Å². The molecule has 2 nitrogen and oxygen atoms in total. The molecule has 3 heteroatoms. The molecule has 20 heavy (non-hydrogen) atoms. The zero-order valence-corrected chi connectivity index (χ0v) is 13.6. The molecule has 1 aromatic carbocycles. The third-order valence-electron chi connectivity index (χ3n) is 3.53. The molecule has 0 aliphatic heterocycles. The van der Waals surface area contributed by atoms with E-state index in [1.165, 1.54) is 6.07 Å². The zero-order valence-electron chi connectivity index (χ0n) is 13.6. The molecule has 2 unspecified atom stereocenters. The molecule has 114 valence electrons. The SMILES string of the molecule is CNC(CC(C)CC(C)(C)C)c1ccc(OC)cc1F. The number of ether oxygens (including phenoxy) is 1. The van der Waals surface area contributed by atoms with Gasteiger partial charge in [-0.15, -0.1) is 0 Å². The molecule has 0 heterocycles. The number of rotatable bonds is 6. The fraction of sp³-hybridized carbons (Fsp3) is 0.647. The molecular formula is C17H28FNO. The highest BCUT2D eigenvalue weighted by Gasteiger charge is 2.21. The lowest BCUT2D eigenvalue weighted by atomic mass is 9.82. The van der Waals surface area contributed by atoms with Crippen LogP contribution in [0.5, 0.6) is 5.75 Å². The normalized spacial score (nSPS) is 14.9. The van der Waals surface area contributed by atoms with E-state index in [4.69, 9.17) is 4.74 Å². The fourth-order valence-corrected chi connectivity index (χ4v) is 2.85. The summed E-state index contributed by atoms with van der Waals surface area (Å²) in [4.78, 5) is 0. The van der Waals surface area contributed by atoms with Crippen molar-refractivity contribution < 1.29 is 9.13 Å². The van der Waals surface area contributed by atoms with Crippen LogP contribution >= 0.6 is 0 Å². The van der Waals surface area contributed by atoms with Gasteiger partial charge in [0.1, 0.15) is 11.6 Å². The van der Waals surface area contributed by atoms with Crippen LogP contribution in [0.2, 0.25) is 0 Å². The number of methoxy groups -OCH3 is 1. The van der Waals surface area contributed by atoms with E-state index in [1.54, 1.807) is 7.11 Å². The van der Waals surface area contributed by atoms with Gasteiger partial charge in [0.25, 0.3) is 0 Å². The number of benzene rings is 1. The number of halogens is 1. The predicted molar refractivity (Wildman–Crippen MR) is 82.6 cm³/mol. The lowest BCUT2D eigenvalue weighted by Crippen LogP contribution is -2.22. The number of nitrogens with one attached hydrogen (secondary N) is 1. The van der Waals surface area contributed by atoms with Crippen molar-refractivity contribution in [2.75, 3.05) is 14.2 Å². The van der Waals surface area contributed by atoms with Crippen LogP contribution in [-0.2, 0) is 0 Å². The van der Waals surface area contributed by atoms with Crippen LogP contribution in [0.1, 0.15) is 52.1 Å². The molecule has 1 N–H and O–H groups in total. The predicted octanol–water partition coefficient (Wildman–Crippen LogP) is 4.56. The summed E-state index contributed by atoms with van der Waals surface area (Å²) >= 11 is 0. The molecule has 0 aliphatic rings. The van der Waals surface area contributed by atoms with Crippen LogP contribution in [0.4, 0.5) is 4.39 Å². The van der Waals surface area contributed by atoms with Crippen molar-refractivity contribution in [2.45, 2.75) is 46.6 Å². The molecule has 0 aromatic heterocycles. The number of hydrogen-bond acceptors (Lipinski definition) is 2. The Bertz CT molecular complexity index is 425. The fourth-order valence-electron chi connectivity index (χ4n) is 2.85. The topological polar surface area (TPSA) is 21.3 Å². The minimum Gasteiger partial charge on any atom is -0.497 e. The van der Waals surface area contributed by atoms with Gasteiger partial charge in [-0.25, -0.2) is 4.39 Å². The van der Waals surface area contributed by atoms with Gasteiger partial charge in [0.15, 0.2) is 0 Å². The molecule has 2 atom stereocenters. The quantitative estimate of drug-likeness (QED) is 0.825. The first-order valence-electron chi connectivity index (χ1n) is 7.27. The van der Waals surface area contributed by atoms with Crippen LogP contribution in [0.15, 0.2) is 18.2 Å². The van der Waals surface area contributed by atoms with Crippen molar-refractivity contribution in [1.82, 2.24) is 5.32 Å². The molecule has 0 bridgehead atoms. The highest BCUT2D eigenvalue weighted by molar-refractivity contribution is 5.30. The lowest BCUT2D eigenvalue weighted by Gasteiger charge is -2.27. The van der Waals surface area contributed by atoms with Gasteiger partial charge in [-0.2, -0.15) is 0 Å². The highest BCUT2D eigenvalue weighted by Crippen LogP contribution is 2.32. The standard InChI is InChI=1S/C17H28FNO/c1-12(11-17(2,3)4)9-16(19-5)14-8-7-13(20-6)10-15(14)18/h7-8,10,12,16,19H,9,11H2,1-6H3. The largest absolute Gasteiger partial charge is 0.497 e. The van der Waals surface area contributed by atoms with Gasteiger partial charge in [-0.1, -0.05) is 33.8 Å². The summed E-state index contributed by atoms with van der Waals surface area (Å²) < 4.78 is 19.2. The van der Waals surface area contributed by atoms with Crippen LogP contribution in [-0.4, -0.2) is 14.2 Å². The third kappa shape index (κ3) is 5.12. The van der Waals surface area contributed by atoms with Crippen molar-refractivity contribution >= 4 is 0 Å². The summed E-state index contributed by atoms with van der Waals surface area (Å²) in [6.45, 7) is 8.96. The zero-order chi connectivity index (χ0) is 15.3. The molecule has 0 amide bonds. The van der Waals surface area contributed by atoms with Crippen LogP contribution in [0, 0.1) is 17.2 Å². The third-order valence-corrected chi connectivity index (χ3v) is 3.53. The smallest absolute Gasteiger partial charge is 0.131 e. The molecule has 0 spiro atoms. The van der Waals surface area contributed by atoms with Crippen molar-refractivity contribution in [3.63, 3.8) is 0 Å². The van der Waals surface area contributed by atoms with E-state index in [1.807, 2.05) is 19.2 Å².